The largest absolute Gasteiger partial charge is 0.444 e. The number of hydrogen-bond donors (Lipinski definition) is 1. The Labute approximate surface area is 176 Å². The minimum Gasteiger partial charge on any atom is -0.444 e. The van der Waals surface area contributed by atoms with Crippen LogP contribution in [0.5, 0.6) is 0 Å². The average molecular weight is 409 g/mol. The predicted octanol–water partition coefficient (Wildman–Crippen LogP) is 4.41. The Hall–Kier alpha value is -3.22. The van der Waals surface area contributed by atoms with Crippen molar-refractivity contribution < 1.29 is 14.3 Å². The second kappa shape index (κ2) is 9.07. The third-order valence-electron chi connectivity index (χ3n) is 4.66. The van der Waals surface area contributed by atoms with Crippen LogP contribution in [0.3, 0.4) is 0 Å². The third-order valence-corrected chi connectivity index (χ3v) is 4.66. The van der Waals surface area contributed by atoms with Gasteiger partial charge in [-0.25, -0.2) is 9.78 Å². The first-order valence-corrected chi connectivity index (χ1v) is 10.1. The molecule has 2 heterocycles. The van der Waals surface area contributed by atoms with E-state index in [1.807, 2.05) is 56.8 Å². The lowest BCUT2D eigenvalue weighted by Crippen LogP contribution is -2.32. The van der Waals surface area contributed by atoms with Gasteiger partial charge in [0.25, 0.3) is 0 Å². The van der Waals surface area contributed by atoms with Crippen molar-refractivity contribution in [2.45, 2.75) is 59.2 Å². The Morgan fingerprint density at radius 1 is 1.27 bits per heavy atom. The summed E-state index contributed by atoms with van der Waals surface area (Å²) in [5.41, 5.74) is 4.39. The smallest absolute Gasteiger partial charge is 0.407 e. The number of unbranched alkanes of at least 4 members (excludes halogenated alkanes) is 1. The van der Waals surface area contributed by atoms with E-state index in [0.717, 1.165) is 40.3 Å². The predicted molar refractivity (Wildman–Crippen MR) is 116 cm³/mol. The van der Waals surface area contributed by atoms with E-state index in [-0.39, 0.29) is 0 Å². The second-order valence-electron chi connectivity index (χ2n) is 8.29. The molecule has 0 aliphatic rings. The van der Waals surface area contributed by atoms with Gasteiger partial charge in [0.1, 0.15) is 11.9 Å². The van der Waals surface area contributed by atoms with Gasteiger partial charge in [0.2, 0.25) is 0 Å². The Morgan fingerprint density at radius 3 is 2.77 bits per heavy atom. The van der Waals surface area contributed by atoms with Gasteiger partial charge >= 0.3 is 6.09 Å². The number of pyridine rings is 1. The fraction of sp³-hybridized carbons (Fsp3) is 0.391. The molecule has 0 unspecified atom stereocenters. The maximum atomic E-state index is 11.9. The first-order chi connectivity index (χ1) is 14.3. The Balaban J connectivity index is 1.78. The van der Waals surface area contributed by atoms with Crippen molar-refractivity contribution in [1.82, 2.24) is 20.1 Å². The van der Waals surface area contributed by atoms with Crippen LogP contribution in [0, 0.1) is 6.92 Å². The molecule has 1 N–H and O–H groups in total. The molecular weight excluding hydrogens is 380 g/mol. The van der Waals surface area contributed by atoms with Crippen LogP contribution in [-0.4, -0.2) is 32.7 Å². The number of benzene rings is 1. The Kier molecular flexibility index (Phi) is 6.50. The molecule has 7 heteroatoms. The van der Waals surface area contributed by atoms with Crippen molar-refractivity contribution in [2.75, 3.05) is 0 Å². The van der Waals surface area contributed by atoms with E-state index < -0.39 is 11.7 Å². The van der Waals surface area contributed by atoms with Gasteiger partial charge in [-0.2, -0.15) is 5.10 Å². The van der Waals surface area contributed by atoms with Crippen LogP contribution in [0.2, 0.25) is 0 Å². The highest BCUT2D eigenvalue weighted by molar-refractivity contribution is 5.92. The van der Waals surface area contributed by atoms with Crippen molar-refractivity contribution in [3.8, 4) is 11.1 Å². The van der Waals surface area contributed by atoms with Crippen LogP contribution in [-0.2, 0) is 22.6 Å². The van der Waals surface area contributed by atoms with Gasteiger partial charge < -0.3 is 14.8 Å². The van der Waals surface area contributed by atoms with E-state index in [2.05, 4.69) is 21.5 Å². The van der Waals surface area contributed by atoms with Crippen LogP contribution in [0.15, 0.2) is 36.7 Å². The van der Waals surface area contributed by atoms with E-state index >= 15 is 0 Å². The van der Waals surface area contributed by atoms with Crippen molar-refractivity contribution in [3.05, 3.63) is 47.8 Å². The quantitative estimate of drug-likeness (QED) is 0.462. The topological polar surface area (TPSA) is 86.1 Å². The van der Waals surface area contributed by atoms with Crippen LogP contribution in [0.25, 0.3) is 22.2 Å². The van der Waals surface area contributed by atoms with Crippen molar-refractivity contribution in [2.24, 2.45) is 0 Å². The number of fused-ring (bicyclic) bond motifs is 1. The van der Waals surface area contributed by atoms with Crippen LogP contribution >= 0.6 is 0 Å². The van der Waals surface area contributed by atoms with Crippen molar-refractivity contribution in [1.29, 1.82) is 0 Å². The van der Waals surface area contributed by atoms with Crippen molar-refractivity contribution in [3.63, 3.8) is 0 Å². The lowest BCUT2D eigenvalue weighted by atomic mass is 9.99. The molecule has 0 spiro atoms. The monoisotopic (exact) mass is 408 g/mol. The number of amides is 1. The molecule has 0 aliphatic heterocycles. The molecule has 2 aromatic heterocycles. The number of aromatic nitrogens is 3. The number of carbonyl (C=O) groups is 2. The Morgan fingerprint density at radius 2 is 2.07 bits per heavy atom. The molecule has 0 bridgehead atoms. The van der Waals surface area contributed by atoms with Gasteiger partial charge in [-0.15, -0.1) is 0 Å². The molecule has 1 aromatic carbocycles. The summed E-state index contributed by atoms with van der Waals surface area (Å²) in [4.78, 5) is 26.8. The highest BCUT2D eigenvalue weighted by atomic mass is 16.6. The maximum Gasteiger partial charge on any atom is 0.407 e. The molecule has 3 rings (SSSR count). The molecule has 0 saturated heterocycles. The number of nitrogens with zero attached hydrogens (tertiary/aromatic N) is 3. The summed E-state index contributed by atoms with van der Waals surface area (Å²) in [6, 6.07) is 8.14. The number of carbonyl (C=O) groups excluding carboxylic acids is 2. The van der Waals surface area contributed by atoms with Gasteiger partial charge in [0, 0.05) is 37.3 Å². The van der Waals surface area contributed by atoms with Crippen molar-refractivity contribution >= 4 is 23.4 Å². The highest BCUT2D eigenvalue weighted by Crippen LogP contribution is 2.28. The normalized spacial score (nSPS) is 11.5. The number of nitrogens with one attached hydrogen (secondary N) is 1. The van der Waals surface area contributed by atoms with E-state index in [9.17, 15) is 9.59 Å². The van der Waals surface area contributed by atoms with E-state index in [1.54, 1.807) is 6.20 Å². The van der Waals surface area contributed by atoms with Crippen LogP contribution in [0.4, 0.5) is 4.79 Å². The van der Waals surface area contributed by atoms with Gasteiger partial charge in [-0.05, 0) is 62.4 Å². The van der Waals surface area contributed by atoms with Gasteiger partial charge in [0.15, 0.2) is 5.65 Å². The summed E-state index contributed by atoms with van der Waals surface area (Å²) in [7, 11) is 0. The summed E-state index contributed by atoms with van der Waals surface area (Å²) in [6.07, 6.45) is 5.52. The molecule has 0 saturated carbocycles. The third kappa shape index (κ3) is 5.43. The van der Waals surface area contributed by atoms with Crippen LogP contribution < -0.4 is 5.32 Å². The minimum absolute atomic E-state index is 0.404. The standard InChI is InChI=1S/C23H28N4O3/c1-16-13-17(7-8-18(16)14-25-22(29)30-23(2,3)4)19-9-10-24-21-20(19)15-27(26-21)11-5-6-12-28/h7-10,12-13,15H,5-6,11,14H2,1-4H3,(H,25,29). The number of alkyl carbamates (subject to hydrolysis) is 1. The van der Waals surface area contributed by atoms with Gasteiger partial charge in [-0.3, -0.25) is 4.68 Å². The maximum absolute atomic E-state index is 11.9. The summed E-state index contributed by atoms with van der Waals surface area (Å²) in [5, 5.41) is 8.30. The number of rotatable bonds is 7. The summed E-state index contributed by atoms with van der Waals surface area (Å²) >= 11 is 0. The first kappa shape index (κ1) is 21.5. The zero-order valence-electron chi connectivity index (χ0n) is 17.9. The molecular formula is C23H28N4O3. The summed E-state index contributed by atoms with van der Waals surface area (Å²) < 4.78 is 7.14. The summed E-state index contributed by atoms with van der Waals surface area (Å²) in [6.45, 7) is 8.63. The SMILES string of the molecule is Cc1cc(-c2ccnc3nn(CCCC=O)cc23)ccc1CNC(=O)OC(C)(C)C. The lowest BCUT2D eigenvalue weighted by Gasteiger charge is -2.20. The molecule has 3 aromatic rings. The summed E-state index contributed by atoms with van der Waals surface area (Å²) in [5.74, 6) is 0. The van der Waals surface area contributed by atoms with Gasteiger partial charge in [0.05, 0.1) is 0 Å². The first-order valence-electron chi connectivity index (χ1n) is 10.1. The number of aldehydes is 1. The minimum atomic E-state index is -0.520. The lowest BCUT2D eigenvalue weighted by molar-refractivity contribution is -0.107. The number of hydrogen-bond acceptors (Lipinski definition) is 5. The average Bonchev–Trinajstić information content (AvgIpc) is 3.08. The molecule has 30 heavy (non-hydrogen) atoms. The number of ether oxygens (including phenoxy) is 1. The van der Waals surface area contributed by atoms with E-state index in [1.165, 1.54) is 0 Å². The second-order valence-corrected chi connectivity index (χ2v) is 8.29. The molecule has 0 fully saturated rings. The molecule has 0 radical (unpaired) electrons. The molecule has 7 nitrogen and oxygen atoms in total. The van der Waals surface area contributed by atoms with E-state index in [0.29, 0.717) is 25.2 Å². The van der Waals surface area contributed by atoms with Gasteiger partial charge in [-0.1, -0.05) is 18.2 Å². The fourth-order valence-electron chi connectivity index (χ4n) is 3.21. The molecule has 1 amide bonds. The molecule has 158 valence electrons. The molecule has 0 atom stereocenters. The Bertz CT molecular complexity index is 1050. The zero-order valence-corrected chi connectivity index (χ0v) is 17.9. The highest BCUT2D eigenvalue weighted by Gasteiger charge is 2.16. The number of aryl methyl sites for hydroxylation is 2. The van der Waals surface area contributed by atoms with Crippen LogP contribution in [0.1, 0.15) is 44.7 Å². The zero-order chi connectivity index (χ0) is 21.7. The van der Waals surface area contributed by atoms with E-state index in [4.69, 9.17) is 4.74 Å². The fourth-order valence-corrected chi connectivity index (χ4v) is 3.21. The molecule has 0 aliphatic carbocycles.